The summed E-state index contributed by atoms with van der Waals surface area (Å²) in [6.45, 7) is 5.88. The second kappa shape index (κ2) is 16.9. The van der Waals surface area contributed by atoms with Gasteiger partial charge < -0.3 is 29.5 Å². The van der Waals surface area contributed by atoms with Gasteiger partial charge in [-0.3, -0.25) is 14.4 Å². The first kappa shape index (κ1) is 35.3. The summed E-state index contributed by atoms with van der Waals surface area (Å²) in [4.78, 5) is 49.8. The summed E-state index contributed by atoms with van der Waals surface area (Å²) in [7, 11) is 0. The number of unbranched alkanes of at least 4 members (excludes halogenated alkanes) is 3. The predicted octanol–water partition coefficient (Wildman–Crippen LogP) is 7.28. The van der Waals surface area contributed by atoms with Crippen molar-refractivity contribution < 1.29 is 43.9 Å². The van der Waals surface area contributed by atoms with Crippen molar-refractivity contribution in [2.75, 3.05) is 0 Å². The van der Waals surface area contributed by atoms with Crippen LogP contribution in [0.5, 0.6) is 34.5 Å². The van der Waals surface area contributed by atoms with Gasteiger partial charge in [-0.1, -0.05) is 40.0 Å². The molecule has 0 aliphatic carbocycles. The second-order valence-electron chi connectivity index (χ2n) is 11.1. The van der Waals surface area contributed by atoms with Gasteiger partial charge in [-0.15, -0.1) is 0 Å². The fourth-order valence-electron chi connectivity index (χ4n) is 4.54. The molecule has 0 atom stereocenters. The van der Waals surface area contributed by atoms with Crippen molar-refractivity contribution >= 4 is 17.9 Å². The lowest BCUT2D eigenvalue weighted by Crippen LogP contribution is -2.07. The van der Waals surface area contributed by atoms with Gasteiger partial charge in [0.2, 0.25) is 0 Å². The number of benzene rings is 3. The van der Waals surface area contributed by atoms with E-state index in [0.29, 0.717) is 19.3 Å². The molecule has 0 fully saturated rings. The summed E-state index contributed by atoms with van der Waals surface area (Å²) in [5.74, 6) is -1.86. The molecule has 0 saturated heterocycles. The van der Waals surface area contributed by atoms with E-state index in [1.165, 1.54) is 54.6 Å². The van der Waals surface area contributed by atoms with Gasteiger partial charge in [0, 0.05) is 37.5 Å². The Bertz CT molecular complexity index is 1560. The quantitative estimate of drug-likeness (QED) is 0.0861. The largest absolute Gasteiger partial charge is 0.507 e. The standard InChI is InChI=1S/C36H39N3O9/c1-4-7-10-31(43)46-22-13-16-25(28(40)19-22)34-37-35(26-17-14-23(20-29(26)41)47-32(44)11-8-5-2)39-36(38-34)27-18-15-24(21-30(27)42)48-33(45)12-9-6-3/h13-21,40-42H,4-12H2,1-3H3. The number of aromatic nitrogens is 3. The number of carbonyl (C=O) groups excluding carboxylic acids is 3. The Morgan fingerprint density at radius 3 is 1.00 bits per heavy atom. The number of carbonyl (C=O) groups is 3. The number of ether oxygens (including phenoxy) is 3. The highest BCUT2D eigenvalue weighted by Gasteiger charge is 2.20. The van der Waals surface area contributed by atoms with Crippen LogP contribution in [-0.4, -0.2) is 48.2 Å². The zero-order valence-corrected chi connectivity index (χ0v) is 27.2. The lowest BCUT2D eigenvalue weighted by Gasteiger charge is -2.13. The number of rotatable bonds is 15. The SMILES string of the molecule is CCCCC(=O)Oc1ccc(-c2nc(-c3ccc(OC(=O)CCCC)cc3O)nc(-c3ccc(OC(=O)CCCC)cc3O)n2)c(O)c1. The van der Waals surface area contributed by atoms with E-state index in [1.54, 1.807) is 0 Å². The normalized spacial score (nSPS) is 10.8. The van der Waals surface area contributed by atoms with Crippen LogP contribution in [0.1, 0.15) is 78.6 Å². The van der Waals surface area contributed by atoms with Crippen LogP contribution in [0.2, 0.25) is 0 Å². The second-order valence-corrected chi connectivity index (χ2v) is 11.1. The van der Waals surface area contributed by atoms with E-state index < -0.39 is 17.9 Å². The molecule has 3 N–H and O–H groups in total. The Labute approximate surface area is 278 Å². The topological polar surface area (TPSA) is 178 Å². The van der Waals surface area contributed by atoms with Gasteiger partial charge in [-0.25, -0.2) is 15.0 Å². The van der Waals surface area contributed by atoms with Crippen molar-refractivity contribution in [3.63, 3.8) is 0 Å². The summed E-state index contributed by atoms with van der Waals surface area (Å²) >= 11 is 0. The molecule has 0 amide bonds. The van der Waals surface area contributed by atoms with Crippen molar-refractivity contribution in [1.29, 1.82) is 0 Å². The van der Waals surface area contributed by atoms with Crippen LogP contribution in [0.25, 0.3) is 34.2 Å². The molecule has 4 rings (SSSR count). The Morgan fingerprint density at radius 2 is 0.771 bits per heavy atom. The van der Waals surface area contributed by atoms with Gasteiger partial charge >= 0.3 is 17.9 Å². The van der Waals surface area contributed by atoms with Crippen molar-refractivity contribution in [1.82, 2.24) is 15.0 Å². The minimum absolute atomic E-state index is 0.0275. The number of phenolic OH excluding ortho intramolecular Hbond substituents is 3. The molecule has 1 aromatic heterocycles. The average molecular weight is 658 g/mol. The highest BCUT2D eigenvalue weighted by molar-refractivity contribution is 5.78. The molecule has 48 heavy (non-hydrogen) atoms. The number of esters is 3. The first-order chi connectivity index (χ1) is 23.1. The minimum Gasteiger partial charge on any atom is -0.507 e. The summed E-state index contributed by atoms with van der Waals surface area (Å²) < 4.78 is 16.0. The maximum absolute atomic E-state index is 12.1. The van der Waals surface area contributed by atoms with Crippen LogP contribution in [0.15, 0.2) is 54.6 Å². The highest BCUT2D eigenvalue weighted by Crippen LogP contribution is 2.38. The number of aromatic hydroxyl groups is 3. The molecule has 0 bridgehead atoms. The molecule has 4 aromatic rings. The van der Waals surface area contributed by atoms with E-state index in [2.05, 4.69) is 15.0 Å². The molecule has 0 saturated carbocycles. The van der Waals surface area contributed by atoms with E-state index >= 15 is 0 Å². The van der Waals surface area contributed by atoms with Crippen LogP contribution in [0, 0.1) is 0 Å². The summed E-state index contributed by atoms with van der Waals surface area (Å²) in [5.41, 5.74) is 0.445. The van der Waals surface area contributed by atoms with E-state index in [0.717, 1.165) is 19.3 Å². The molecule has 0 aliphatic rings. The molecular weight excluding hydrogens is 618 g/mol. The minimum atomic E-state index is -0.432. The first-order valence-corrected chi connectivity index (χ1v) is 16.0. The third-order valence-electron chi connectivity index (χ3n) is 7.16. The molecule has 0 spiro atoms. The first-order valence-electron chi connectivity index (χ1n) is 16.0. The lowest BCUT2D eigenvalue weighted by atomic mass is 10.1. The third kappa shape index (κ3) is 9.50. The van der Waals surface area contributed by atoms with Gasteiger partial charge in [-0.05, 0) is 55.7 Å². The molecule has 0 radical (unpaired) electrons. The van der Waals surface area contributed by atoms with Crippen molar-refractivity contribution in [3.8, 4) is 68.7 Å². The molecular formula is C36H39N3O9. The molecule has 0 aliphatic heterocycles. The van der Waals surface area contributed by atoms with Gasteiger partial charge in [0.05, 0.1) is 16.7 Å². The monoisotopic (exact) mass is 657 g/mol. The van der Waals surface area contributed by atoms with Crippen LogP contribution in [0.4, 0.5) is 0 Å². The summed E-state index contributed by atoms with van der Waals surface area (Å²) in [6.07, 6.45) is 5.20. The maximum atomic E-state index is 12.1. The third-order valence-corrected chi connectivity index (χ3v) is 7.16. The van der Waals surface area contributed by atoms with Crippen LogP contribution >= 0.6 is 0 Å². The molecule has 252 valence electrons. The zero-order chi connectivity index (χ0) is 34.6. The predicted molar refractivity (Wildman–Crippen MR) is 177 cm³/mol. The van der Waals surface area contributed by atoms with Gasteiger partial charge in [0.25, 0.3) is 0 Å². The Hall–Kier alpha value is -5.52. The molecule has 12 nitrogen and oxygen atoms in total. The van der Waals surface area contributed by atoms with Gasteiger partial charge in [0.15, 0.2) is 17.5 Å². The van der Waals surface area contributed by atoms with Gasteiger partial charge in [0.1, 0.15) is 34.5 Å². The smallest absolute Gasteiger partial charge is 0.311 e. The average Bonchev–Trinajstić information content (AvgIpc) is 3.05. The number of hydrogen-bond donors (Lipinski definition) is 3. The van der Waals surface area contributed by atoms with Crippen LogP contribution in [-0.2, 0) is 14.4 Å². The Balaban J connectivity index is 1.74. The maximum Gasteiger partial charge on any atom is 0.311 e. The van der Waals surface area contributed by atoms with Crippen molar-refractivity contribution in [3.05, 3.63) is 54.6 Å². The van der Waals surface area contributed by atoms with Gasteiger partial charge in [-0.2, -0.15) is 0 Å². The lowest BCUT2D eigenvalue weighted by molar-refractivity contribution is -0.135. The molecule has 12 heteroatoms. The van der Waals surface area contributed by atoms with E-state index in [-0.39, 0.29) is 87.9 Å². The Kier molecular flexibility index (Phi) is 12.4. The van der Waals surface area contributed by atoms with E-state index in [1.807, 2.05) is 20.8 Å². The number of nitrogens with zero attached hydrogens (tertiary/aromatic N) is 3. The Morgan fingerprint density at radius 1 is 0.500 bits per heavy atom. The van der Waals surface area contributed by atoms with Crippen molar-refractivity contribution in [2.45, 2.75) is 78.6 Å². The number of hydrogen-bond acceptors (Lipinski definition) is 12. The summed E-state index contributed by atoms with van der Waals surface area (Å²) in [6, 6.07) is 12.7. The fourth-order valence-corrected chi connectivity index (χ4v) is 4.54. The highest BCUT2D eigenvalue weighted by atomic mass is 16.5. The van der Waals surface area contributed by atoms with Crippen molar-refractivity contribution in [2.24, 2.45) is 0 Å². The van der Waals surface area contributed by atoms with E-state index in [4.69, 9.17) is 14.2 Å². The van der Waals surface area contributed by atoms with Crippen LogP contribution in [0.3, 0.4) is 0 Å². The molecule has 1 heterocycles. The zero-order valence-electron chi connectivity index (χ0n) is 27.2. The summed E-state index contributed by atoms with van der Waals surface area (Å²) in [5, 5.41) is 32.8. The number of phenols is 3. The molecule has 0 unspecified atom stereocenters. The van der Waals surface area contributed by atoms with Crippen LogP contribution < -0.4 is 14.2 Å². The molecule has 3 aromatic carbocycles. The fraction of sp³-hybridized carbons (Fsp3) is 0.333. The van der Waals surface area contributed by atoms with E-state index in [9.17, 15) is 29.7 Å².